The van der Waals surface area contributed by atoms with Crippen molar-refractivity contribution >= 4 is 5.57 Å². The molecule has 0 saturated heterocycles. The average molecular weight is 258 g/mol. The summed E-state index contributed by atoms with van der Waals surface area (Å²) >= 11 is 0. The van der Waals surface area contributed by atoms with Gasteiger partial charge in [0, 0.05) is 0 Å². The first kappa shape index (κ1) is 15.4. The molecular weight excluding hydrogens is 235 g/mol. The Bertz CT molecular complexity index is 521. The molecule has 102 valence electrons. The second-order valence-corrected chi connectivity index (χ2v) is 6.04. The van der Waals surface area contributed by atoms with Crippen molar-refractivity contribution in [3.8, 4) is 0 Å². The fraction of sp³-hybridized carbons (Fsp3) is 0.333. The first-order valence-corrected chi connectivity index (χ1v) is 6.52. The molecule has 0 saturated carbocycles. The Morgan fingerprint density at radius 2 is 1.79 bits per heavy atom. The molecule has 0 radical (unpaired) electrons. The van der Waals surface area contributed by atoms with Gasteiger partial charge in [-0.05, 0) is 47.6 Å². The van der Waals surface area contributed by atoms with Crippen molar-refractivity contribution in [2.75, 3.05) is 0 Å². The Hall–Kier alpha value is -1.63. The van der Waals surface area contributed by atoms with Crippen molar-refractivity contribution in [2.45, 2.75) is 40.0 Å². The number of rotatable bonds is 3. The van der Waals surface area contributed by atoms with Gasteiger partial charge in [0.05, 0.1) is 0 Å². The van der Waals surface area contributed by atoms with E-state index in [2.05, 4.69) is 39.5 Å². The molecule has 0 fully saturated rings. The van der Waals surface area contributed by atoms with E-state index < -0.39 is 0 Å². The highest BCUT2D eigenvalue weighted by Crippen LogP contribution is 2.25. The zero-order valence-electron chi connectivity index (χ0n) is 12.5. The molecule has 0 aromatic heterocycles. The van der Waals surface area contributed by atoms with Crippen LogP contribution in [0, 0.1) is 0 Å². The molecule has 0 unspecified atom stereocenters. The number of hydrogen-bond acceptors (Lipinski definition) is 0. The van der Waals surface area contributed by atoms with Crippen LogP contribution in [0.4, 0.5) is 4.39 Å². The lowest BCUT2D eigenvalue weighted by molar-refractivity contribution is 0.590. The third-order valence-electron chi connectivity index (χ3n) is 3.01. The highest BCUT2D eigenvalue weighted by molar-refractivity contribution is 5.73. The molecule has 1 rings (SSSR count). The summed E-state index contributed by atoms with van der Waals surface area (Å²) in [5.41, 5.74) is 3.88. The van der Waals surface area contributed by atoms with Crippen LogP contribution in [0.15, 0.2) is 54.4 Å². The molecule has 0 aliphatic carbocycles. The third kappa shape index (κ3) is 4.51. The van der Waals surface area contributed by atoms with Gasteiger partial charge in [-0.1, -0.05) is 57.7 Å². The summed E-state index contributed by atoms with van der Waals surface area (Å²) in [6, 6.07) is 8.25. The van der Waals surface area contributed by atoms with Crippen molar-refractivity contribution in [3.05, 3.63) is 65.5 Å². The van der Waals surface area contributed by atoms with Crippen LogP contribution in [0.3, 0.4) is 0 Å². The molecule has 0 nitrogen and oxygen atoms in total. The van der Waals surface area contributed by atoms with Crippen LogP contribution >= 0.6 is 0 Å². The Labute approximate surface area is 116 Å². The van der Waals surface area contributed by atoms with E-state index in [1.54, 1.807) is 19.9 Å². The quantitative estimate of drug-likeness (QED) is 0.599. The van der Waals surface area contributed by atoms with Crippen molar-refractivity contribution in [3.63, 3.8) is 0 Å². The molecule has 1 heteroatoms. The van der Waals surface area contributed by atoms with E-state index in [1.807, 2.05) is 12.1 Å². The number of hydrogen-bond donors (Lipinski definition) is 0. The van der Waals surface area contributed by atoms with Crippen LogP contribution in [0.1, 0.15) is 45.7 Å². The van der Waals surface area contributed by atoms with Gasteiger partial charge in [-0.25, -0.2) is 4.39 Å². The SMILES string of the molecule is C=C(/C=C\C(F)=C(C)C)c1cccc(C(C)(C)C)c1. The smallest absolute Gasteiger partial charge is 0.121 e. The summed E-state index contributed by atoms with van der Waals surface area (Å²) in [6.45, 7) is 14.0. The van der Waals surface area contributed by atoms with Gasteiger partial charge in [0.1, 0.15) is 5.83 Å². The van der Waals surface area contributed by atoms with Gasteiger partial charge in [-0.3, -0.25) is 0 Å². The number of benzene rings is 1. The van der Waals surface area contributed by atoms with Gasteiger partial charge in [-0.15, -0.1) is 0 Å². The van der Waals surface area contributed by atoms with Crippen molar-refractivity contribution in [1.82, 2.24) is 0 Å². The van der Waals surface area contributed by atoms with E-state index >= 15 is 0 Å². The normalized spacial score (nSPS) is 11.7. The van der Waals surface area contributed by atoms with E-state index in [9.17, 15) is 4.39 Å². The summed E-state index contributed by atoms with van der Waals surface area (Å²) in [4.78, 5) is 0. The van der Waals surface area contributed by atoms with Crippen LogP contribution < -0.4 is 0 Å². The molecule has 0 aliphatic rings. The monoisotopic (exact) mass is 258 g/mol. The lowest BCUT2D eigenvalue weighted by Gasteiger charge is -2.19. The van der Waals surface area contributed by atoms with E-state index in [-0.39, 0.29) is 11.2 Å². The first-order chi connectivity index (χ1) is 8.71. The third-order valence-corrected chi connectivity index (χ3v) is 3.01. The van der Waals surface area contributed by atoms with Crippen LogP contribution in [-0.4, -0.2) is 0 Å². The van der Waals surface area contributed by atoms with E-state index in [0.29, 0.717) is 5.57 Å². The van der Waals surface area contributed by atoms with Crippen molar-refractivity contribution in [2.24, 2.45) is 0 Å². The zero-order chi connectivity index (χ0) is 14.6. The van der Waals surface area contributed by atoms with Crippen molar-refractivity contribution in [1.29, 1.82) is 0 Å². The summed E-state index contributed by atoms with van der Waals surface area (Å²) < 4.78 is 13.4. The molecule has 0 heterocycles. The summed E-state index contributed by atoms with van der Waals surface area (Å²) in [6.07, 6.45) is 3.20. The Morgan fingerprint density at radius 1 is 1.16 bits per heavy atom. The minimum Gasteiger partial charge on any atom is -0.207 e. The first-order valence-electron chi connectivity index (χ1n) is 6.52. The lowest BCUT2D eigenvalue weighted by atomic mass is 9.85. The molecule has 1 aromatic carbocycles. The molecule has 0 atom stereocenters. The van der Waals surface area contributed by atoms with Crippen LogP contribution in [0.25, 0.3) is 5.57 Å². The maximum Gasteiger partial charge on any atom is 0.121 e. The fourth-order valence-electron chi connectivity index (χ4n) is 1.62. The Morgan fingerprint density at radius 3 is 2.32 bits per heavy atom. The number of halogens is 1. The van der Waals surface area contributed by atoms with E-state index in [4.69, 9.17) is 0 Å². The summed E-state index contributed by atoms with van der Waals surface area (Å²) in [7, 11) is 0. The van der Waals surface area contributed by atoms with Crippen LogP contribution in [0.5, 0.6) is 0 Å². The minimum absolute atomic E-state index is 0.102. The van der Waals surface area contributed by atoms with Crippen molar-refractivity contribution < 1.29 is 4.39 Å². The molecule has 0 bridgehead atoms. The van der Waals surface area contributed by atoms with Crippen LogP contribution in [-0.2, 0) is 5.41 Å². The van der Waals surface area contributed by atoms with Gasteiger partial charge in [0.25, 0.3) is 0 Å². The summed E-state index contributed by atoms with van der Waals surface area (Å²) in [5.74, 6) is -0.201. The van der Waals surface area contributed by atoms with Gasteiger partial charge in [0.2, 0.25) is 0 Å². The summed E-state index contributed by atoms with van der Waals surface area (Å²) in [5, 5.41) is 0. The molecule has 0 amide bonds. The predicted octanol–water partition coefficient (Wildman–Crippen LogP) is 5.82. The number of allylic oxidation sites excluding steroid dienone is 5. The molecule has 0 N–H and O–H groups in total. The molecule has 1 aromatic rings. The lowest BCUT2D eigenvalue weighted by Crippen LogP contribution is -2.10. The topological polar surface area (TPSA) is 0 Å². The molecular formula is C18H23F. The van der Waals surface area contributed by atoms with Gasteiger partial charge in [0.15, 0.2) is 0 Å². The van der Waals surface area contributed by atoms with Gasteiger partial charge in [-0.2, -0.15) is 0 Å². The minimum atomic E-state index is -0.201. The van der Waals surface area contributed by atoms with Crippen LogP contribution in [0.2, 0.25) is 0 Å². The fourth-order valence-corrected chi connectivity index (χ4v) is 1.62. The largest absolute Gasteiger partial charge is 0.207 e. The maximum atomic E-state index is 13.4. The highest BCUT2D eigenvalue weighted by Gasteiger charge is 2.13. The maximum absolute atomic E-state index is 13.4. The Kier molecular flexibility index (Phi) is 4.88. The molecule has 0 spiro atoms. The highest BCUT2D eigenvalue weighted by atomic mass is 19.1. The zero-order valence-corrected chi connectivity index (χ0v) is 12.5. The van der Waals surface area contributed by atoms with Gasteiger partial charge < -0.3 is 0 Å². The van der Waals surface area contributed by atoms with Gasteiger partial charge >= 0.3 is 0 Å². The molecule has 0 aliphatic heterocycles. The average Bonchev–Trinajstić information content (AvgIpc) is 2.34. The van der Waals surface area contributed by atoms with E-state index in [1.165, 1.54) is 11.6 Å². The Balaban J connectivity index is 2.99. The molecule has 19 heavy (non-hydrogen) atoms. The predicted molar refractivity (Wildman–Crippen MR) is 82.8 cm³/mol. The second kappa shape index (κ2) is 6.01. The van der Waals surface area contributed by atoms with E-state index in [0.717, 1.165) is 11.1 Å². The standard InChI is InChI=1S/C18H23F/c1-13(2)17(19)11-10-14(3)15-8-7-9-16(12-15)18(4,5)6/h7-12H,3H2,1-2,4-6H3/b11-10-. The second-order valence-electron chi connectivity index (χ2n) is 6.04.